The monoisotopic (exact) mass is 591 g/mol. The first-order valence-electron chi connectivity index (χ1n) is 13.8. The lowest BCUT2D eigenvalue weighted by atomic mass is 9.91. The molecule has 1 aliphatic heterocycles. The molecule has 1 N–H and O–H groups in total. The van der Waals surface area contributed by atoms with Crippen molar-refractivity contribution in [3.63, 3.8) is 0 Å². The molecule has 0 bridgehead atoms. The van der Waals surface area contributed by atoms with Gasteiger partial charge in [-0.1, -0.05) is 26.8 Å². The summed E-state index contributed by atoms with van der Waals surface area (Å²) < 4.78 is 53.5. The van der Waals surface area contributed by atoms with Crippen LogP contribution in [0, 0.1) is 11.9 Å². The van der Waals surface area contributed by atoms with Gasteiger partial charge in [0.1, 0.15) is 11.4 Å². The smallest absolute Gasteiger partial charge is 0.410 e. The third-order valence-electron chi connectivity index (χ3n) is 6.80. The molecule has 1 unspecified atom stereocenters. The third kappa shape index (κ3) is 8.64. The molecule has 3 rings (SSSR count). The van der Waals surface area contributed by atoms with Crippen molar-refractivity contribution in [2.75, 3.05) is 13.2 Å². The van der Waals surface area contributed by atoms with Crippen LogP contribution >= 0.6 is 0 Å². The number of amides is 2. The number of likely N-dealkylation sites (tertiary alicyclic amines) is 1. The van der Waals surface area contributed by atoms with Crippen molar-refractivity contribution < 1.29 is 31.9 Å². The van der Waals surface area contributed by atoms with Gasteiger partial charge < -0.3 is 14.4 Å². The van der Waals surface area contributed by atoms with Gasteiger partial charge in [0, 0.05) is 29.3 Å². The Balaban J connectivity index is 1.56. The molecule has 11 heteroatoms. The van der Waals surface area contributed by atoms with Crippen molar-refractivity contribution in [3.8, 4) is 5.75 Å². The first-order valence-corrected chi connectivity index (χ1v) is 15.2. The van der Waals surface area contributed by atoms with Gasteiger partial charge in [0.2, 0.25) is 5.95 Å². The zero-order chi connectivity index (χ0) is 30.8. The minimum absolute atomic E-state index is 0.187. The van der Waals surface area contributed by atoms with E-state index in [4.69, 9.17) is 9.47 Å². The third-order valence-corrected chi connectivity index (χ3v) is 8.13. The summed E-state index contributed by atoms with van der Waals surface area (Å²) in [5.74, 6) is -1.54. The molecule has 1 saturated heterocycles. The first-order chi connectivity index (χ1) is 18.8. The summed E-state index contributed by atoms with van der Waals surface area (Å²) in [6.45, 7) is 16.1. The van der Waals surface area contributed by atoms with Crippen LogP contribution in [-0.2, 0) is 20.2 Å². The van der Waals surface area contributed by atoms with E-state index >= 15 is 0 Å². The molecule has 1 aromatic heterocycles. The lowest BCUT2D eigenvalue weighted by molar-refractivity contribution is 0.0130. The average Bonchev–Trinajstić information content (AvgIpc) is 3.14. The van der Waals surface area contributed by atoms with Crippen molar-refractivity contribution in [2.45, 2.75) is 96.1 Å². The number of rotatable bonds is 8. The summed E-state index contributed by atoms with van der Waals surface area (Å²) in [4.78, 5) is 30.6. The van der Waals surface area contributed by atoms with E-state index in [0.29, 0.717) is 31.0 Å². The summed E-state index contributed by atoms with van der Waals surface area (Å²) in [6.07, 6.45) is 2.05. The van der Waals surface area contributed by atoms with Crippen molar-refractivity contribution in [1.82, 2.24) is 14.6 Å². The number of carbonyl (C=O) groups is 2. The van der Waals surface area contributed by atoms with Crippen molar-refractivity contribution >= 4 is 22.0 Å². The van der Waals surface area contributed by atoms with Crippen LogP contribution in [0.1, 0.15) is 90.7 Å². The molecule has 0 saturated carbocycles. The van der Waals surface area contributed by atoms with E-state index in [9.17, 15) is 22.4 Å². The zero-order valence-electron chi connectivity index (χ0n) is 25.2. The highest BCUT2D eigenvalue weighted by Gasteiger charge is 2.42. The molecule has 0 aliphatic carbocycles. The Kier molecular flexibility index (Phi) is 9.42. The number of hydrogen-bond acceptors (Lipinski definition) is 7. The number of carbonyl (C=O) groups excluding carboxylic acids is 2. The molecule has 0 radical (unpaired) electrons. The minimum atomic E-state index is -4.29. The quantitative estimate of drug-likeness (QED) is 0.303. The Morgan fingerprint density at radius 3 is 2.41 bits per heavy atom. The number of sulfonamides is 1. The fourth-order valence-corrected chi connectivity index (χ4v) is 5.77. The lowest BCUT2D eigenvalue weighted by Crippen LogP contribution is -2.45. The Bertz CT molecular complexity index is 1380. The lowest BCUT2D eigenvalue weighted by Gasteiger charge is -2.33. The maximum Gasteiger partial charge on any atom is 0.410 e. The SMILES string of the molecule is CC(C)(C)OC(=O)N1CC(CCCOc2cccc(S(=O)(=O)NC(=O)c3ccc(C(C)(C)C)nc3F)c2)CC1(C)C. The number of hydrogen-bond donors (Lipinski definition) is 1. The highest BCUT2D eigenvalue weighted by atomic mass is 32.2. The van der Waals surface area contributed by atoms with Crippen LogP contribution in [0.2, 0.25) is 0 Å². The van der Waals surface area contributed by atoms with Crippen molar-refractivity contribution in [2.24, 2.45) is 5.92 Å². The van der Waals surface area contributed by atoms with Gasteiger partial charge in [-0.05, 0) is 84.1 Å². The van der Waals surface area contributed by atoms with E-state index in [1.807, 2.05) is 60.1 Å². The van der Waals surface area contributed by atoms with E-state index in [-0.39, 0.29) is 22.4 Å². The van der Waals surface area contributed by atoms with Crippen LogP contribution in [0.4, 0.5) is 9.18 Å². The molecule has 1 aliphatic rings. The Morgan fingerprint density at radius 1 is 1.12 bits per heavy atom. The van der Waals surface area contributed by atoms with E-state index < -0.39 is 38.5 Å². The molecule has 226 valence electrons. The number of benzene rings is 1. The largest absolute Gasteiger partial charge is 0.494 e. The normalized spacial score (nSPS) is 17.3. The fraction of sp³-hybridized carbons (Fsp3) is 0.567. The van der Waals surface area contributed by atoms with Crippen LogP contribution in [0.5, 0.6) is 5.75 Å². The molecule has 1 aromatic carbocycles. The van der Waals surface area contributed by atoms with Crippen LogP contribution in [0.25, 0.3) is 0 Å². The van der Waals surface area contributed by atoms with Gasteiger partial charge in [0.15, 0.2) is 0 Å². The van der Waals surface area contributed by atoms with Gasteiger partial charge in [-0.25, -0.2) is 22.9 Å². The molecule has 2 aromatic rings. The highest BCUT2D eigenvalue weighted by Crippen LogP contribution is 2.36. The van der Waals surface area contributed by atoms with Gasteiger partial charge in [-0.2, -0.15) is 4.39 Å². The molecule has 2 amide bonds. The van der Waals surface area contributed by atoms with Gasteiger partial charge in [-0.3, -0.25) is 4.79 Å². The van der Waals surface area contributed by atoms with Gasteiger partial charge in [0.25, 0.3) is 15.9 Å². The zero-order valence-corrected chi connectivity index (χ0v) is 26.0. The maximum absolute atomic E-state index is 14.5. The van der Waals surface area contributed by atoms with E-state index in [1.165, 1.54) is 30.3 Å². The Labute approximate surface area is 242 Å². The molecule has 0 spiro atoms. The van der Waals surface area contributed by atoms with E-state index in [0.717, 1.165) is 12.8 Å². The predicted octanol–water partition coefficient (Wildman–Crippen LogP) is 5.83. The summed E-state index contributed by atoms with van der Waals surface area (Å²) in [6, 6.07) is 8.50. The second-order valence-corrected chi connectivity index (χ2v) is 14.8. The summed E-state index contributed by atoms with van der Waals surface area (Å²) in [7, 11) is -4.29. The van der Waals surface area contributed by atoms with Crippen LogP contribution in [-0.4, -0.2) is 54.6 Å². The molecule has 41 heavy (non-hydrogen) atoms. The Morgan fingerprint density at radius 2 is 1.80 bits per heavy atom. The van der Waals surface area contributed by atoms with Crippen LogP contribution in [0.15, 0.2) is 41.3 Å². The number of nitrogens with one attached hydrogen (secondary N) is 1. The molecular formula is C30H42FN3O6S. The van der Waals surface area contributed by atoms with Gasteiger partial charge in [0.05, 0.1) is 17.1 Å². The number of ether oxygens (including phenoxy) is 2. The van der Waals surface area contributed by atoms with Crippen LogP contribution in [0.3, 0.4) is 0 Å². The number of pyridine rings is 1. The molecule has 1 atom stereocenters. The second kappa shape index (κ2) is 12.0. The van der Waals surface area contributed by atoms with E-state index in [2.05, 4.69) is 4.98 Å². The number of halogens is 1. The number of nitrogens with zero attached hydrogens (tertiary/aromatic N) is 2. The topological polar surface area (TPSA) is 115 Å². The van der Waals surface area contributed by atoms with Crippen molar-refractivity contribution in [3.05, 3.63) is 53.6 Å². The minimum Gasteiger partial charge on any atom is -0.494 e. The van der Waals surface area contributed by atoms with Gasteiger partial charge >= 0.3 is 6.09 Å². The number of aromatic nitrogens is 1. The molecule has 9 nitrogen and oxygen atoms in total. The maximum atomic E-state index is 14.5. The van der Waals surface area contributed by atoms with Crippen LogP contribution < -0.4 is 9.46 Å². The van der Waals surface area contributed by atoms with Crippen molar-refractivity contribution in [1.29, 1.82) is 0 Å². The fourth-order valence-electron chi connectivity index (χ4n) is 4.77. The molecular weight excluding hydrogens is 549 g/mol. The Hall–Kier alpha value is -3.21. The summed E-state index contributed by atoms with van der Waals surface area (Å²) in [5, 5.41) is 0. The first kappa shape index (κ1) is 32.3. The molecule has 1 fully saturated rings. The summed E-state index contributed by atoms with van der Waals surface area (Å²) in [5.41, 5.74) is -1.33. The standard InChI is InChI=1S/C30H42FN3O6S/c1-28(2,3)24-15-14-23(25(31)32-24)26(35)33-41(37,38)22-13-9-12-21(17-22)39-16-10-11-20-18-30(7,8)34(19-20)27(36)40-29(4,5)6/h9,12-15,17,20H,10-11,16,18-19H2,1-8H3,(H,33,35). The average molecular weight is 592 g/mol. The second-order valence-electron chi connectivity index (χ2n) is 13.2. The predicted molar refractivity (Wildman–Crippen MR) is 154 cm³/mol. The molecule has 2 heterocycles. The summed E-state index contributed by atoms with van der Waals surface area (Å²) >= 11 is 0. The van der Waals surface area contributed by atoms with Gasteiger partial charge in [-0.15, -0.1) is 0 Å². The van der Waals surface area contributed by atoms with E-state index in [1.54, 1.807) is 11.0 Å². The highest BCUT2D eigenvalue weighted by molar-refractivity contribution is 7.90.